The molecule has 1 aliphatic heterocycles. The molecule has 8 nitrogen and oxygen atoms in total. The van der Waals surface area contributed by atoms with Crippen molar-refractivity contribution in [3.63, 3.8) is 0 Å². The first-order chi connectivity index (χ1) is 12.3. The third kappa shape index (κ3) is 4.21. The highest BCUT2D eigenvalue weighted by Crippen LogP contribution is 2.37. The molecular weight excluding hydrogens is 356 g/mol. The summed E-state index contributed by atoms with van der Waals surface area (Å²) in [5.74, 6) is 0.574. The van der Waals surface area contributed by atoms with E-state index in [2.05, 4.69) is 15.0 Å². The molecule has 142 valence electrons. The molecule has 26 heavy (non-hydrogen) atoms. The molecule has 3 rings (SSSR count). The van der Waals surface area contributed by atoms with E-state index in [9.17, 15) is 18.0 Å². The Morgan fingerprint density at radius 2 is 2.00 bits per heavy atom. The van der Waals surface area contributed by atoms with Crippen LogP contribution in [0.4, 0.5) is 5.82 Å². The van der Waals surface area contributed by atoms with E-state index in [-0.39, 0.29) is 18.4 Å². The summed E-state index contributed by atoms with van der Waals surface area (Å²) in [5, 5.41) is 3.02. The normalized spacial score (nSPS) is 26.1. The van der Waals surface area contributed by atoms with Gasteiger partial charge in [-0.05, 0) is 43.7 Å². The van der Waals surface area contributed by atoms with Crippen LogP contribution in [-0.4, -0.2) is 55.5 Å². The van der Waals surface area contributed by atoms with Gasteiger partial charge in [-0.25, -0.2) is 18.1 Å². The minimum atomic E-state index is -3.52. The molecule has 2 fully saturated rings. The largest absolute Gasteiger partial charge is 0.373 e. The van der Waals surface area contributed by atoms with E-state index in [1.54, 1.807) is 0 Å². The van der Waals surface area contributed by atoms with E-state index in [0.29, 0.717) is 5.92 Å². The van der Waals surface area contributed by atoms with Crippen LogP contribution in [0.25, 0.3) is 0 Å². The minimum Gasteiger partial charge on any atom is -0.373 e. The van der Waals surface area contributed by atoms with Crippen LogP contribution in [0.1, 0.15) is 31.4 Å². The van der Waals surface area contributed by atoms with E-state index in [1.807, 2.05) is 25.2 Å². The number of hydrogen-bond donors (Lipinski definition) is 2. The van der Waals surface area contributed by atoms with Gasteiger partial charge in [0.05, 0.1) is 12.7 Å². The second-order valence-corrected chi connectivity index (χ2v) is 8.82. The van der Waals surface area contributed by atoms with Crippen LogP contribution >= 0.6 is 0 Å². The van der Waals surface area contributed by atoms with E-state index >= 15 is 0 Å². The smallest absolute Gasteiger partial charge is 0.248 e. The highest BCUT2D eigenvalue weighted by molar-refractivity contribution is 7.88. The van der Waals surface area contributed by atoms with E-state index in [0.717, 1.165) is 43.5 Å². The molecule has 0 radical (unpaired) electrons. The maximum atomic E-state index is 12.3. The van der Waals surface area contributed by atoms with E-state index in [1.165, 1.54) is 4.90 Å². The van der Waals surface area contributed by atoms with Crippen LogP contribution in [0.5, 0.6) is 0 Å². The predicted octanol–water partition coefficient (Wildman–Crippen LogP) is 0.511. The number of nitrogens with one attached hydrogen (secondary N) is 2. The van der Waals surface area contributed by atoms with Crippen LogP contribution in [0, 0.1) is 5.92 Å². The van der Waals surface area contributed by atoms with Crippen LogP contribution in [0.15, 0.2) is 18.2 Å². The van der Waals surface area contributed by atoms with E-state index < -0.39 is 22.0 Å². The molecule has 1 unspecified atom stereocenters. The van der Waals surface area contributed by atoms with Crippen molar-refractivity contribution in [2.45, 2.75) is 44.2 Å². The first-order valence-corrected chi connectivity index (χ1v) is 10.6. The van der Waals surface area contributed by atoms with Gasteiger partial charge < -0.3 is 5.32 Å². The quantitative estimate of drug-likeness (QED) is 0.667. The van der Waals surface area contributed by atoms with E-state index in [4.69, 9.17) is 0 Å². The number of hydrogen-bond acceptors (Lipinski definition) is 6. The van der Waals surface area contributed by atoms with Gasteiger partial charge in [-0.3, -0.25) is 14.5 Å². The van der Waals surface area contributed by atoms with Crippen molar-refractivity contribution in [3.8, 4) is 0 Å². The summed E-state index contributed by atoms with van der Waals surface area (Å²) in [6.07, 6.45) is 4.26. The molecule has 2 N–H and O–H groups in total. The monoisotopic (exact) mass is 380 g/mol. The Morgan fingerprint density at radius 3 is 2.65 bits per heavy atom. The lowest BCUT2D eigenvalue weighted by molar-refractivity contribution is -0.144. The zero-order valence-corrected chi connectivity index (χ0v) is 15.8. The van der Waals surface area contributed by atoms with Gasteiger partial charge in [-0.1, -0.05) is 6.07 Å². The summed E-state index contributed by atoms with van der Waals surface area (Å²) in [6.45, 7) is 0. The number of imide groups is 1. The average Bonchev–Trinajstić information content (AvgIpc) is 2.79. The maximum absolute atomic E-state index is 12.3. The second-order valence-electron chi connectivity index (χ2n) is 7.04. The van der Waals surface area contributed by atoms with Gasteiger partial charge >= 0.3 is 0 Å². The number of rotatable bonds is 7. The van der Waals surface area contributed by atoms with Gasteiger partial charge in [0.15, 0.2) is 0 Å². The van der Waals surface area contributed by atoms with Gasteiger partial charge in [0.25, 0.3) is 0 Å². The van der Waals surface area contributed by atoms with Crippen molar-refractivity contribution in [2.24, 2.45) is 5.92 Å². The number of carbonyl (C=O) groups is 2. The lowest BCUT2D eigenvalue weighted by atomic mass is 9.76. The van der Waals surface area contributed by atoms with Crippen molar-refractivity contribution in [1.82, 2.24) is 14.6 Å². The van der Waals surface area contributed by atoms with Crippen LogP contribution in [-0.2, 0) is 26.0 Å². The van der Waals surface area contributed by atoms with Crippen LogP contribution in [0.3, 0.4) is 0 Å². The number of sulfonamides is 1. The molecular formula is C17H24N4O4S. The van der Waals surface area contributed by atoms with Gasteiger partial charge in [-0.15, -0.1) is 0 Å². The third-order valence-electron chi connectivity index (χ3n) is 4.99. The Kier molecular flexibility index (Phi) is 5.29. The number of likely N-dealkylation sites (tertiary alicyclic amines) is 1. The zero-order valence-electron chi connectivity index (χ0n) is 14.9. The predicted molar refractivity (Wildman–Crippen MR) is 96.9 cm³/mol. The summed E-state index contributed by atoms with van der Waals surface area (Å²) >= 11 is 0. The highest BCUT2D eigenvalue weighted by Gasteiger charge is 2.47. The molecule has 0 aromatic carbocycles. The van der Waals surface area contributed by atoms with Crippen LogP contribution in [0.2, 0.25) is 0 Å². The lowest BCUT2D eigenvalue weighted by Crippen LogP contribution is -2.50. The molecule has 2 heterocycles. The van der Waals surface area contributed by atoms with Gasteiger partial charge in [0.2, 0.25) is 21.8 Å². The molecule has 2 aliphatic rings. The first-order valence-electron chi connectivity index (χ1n) is 8.73. The van der Waals surface area contributed by atoms with Gasteiger partial charge in [0.1, 0.15) is 11.9 Å². The molecule has 2 amide bonds. The van der Waals surface area contributed by atoms with Crippen molar-refractivity contribution in [1.29, 1.82) is 0 Å². The zero-order chi connectivity index (χ0) is 18.9. The van der Waals surface area contributed by atoms with Crippen molar-refractivity contribution < 1.29 is 18.0 Å². The fourth-order valence-corrected chi connectivity index (χ4v) is 4.34. The molecule has 1 saturated heterocycles. The summed E-state index contributed by atoms with van der Waals surface area (Å²) in [7, 11) is -1.69. The lowest BCUT2D eigenvalue weighted by Gasteiger charge is -2.40. The Bertz CT molecular complexity index is 805. The molecule has 0 spiro atoms. The third-order valence-corrected chi connectivity index (χ3v) is 5.70. The van der Waals surface area contributed by atoms with Gasteiger partial charge in [0, 0.05) is 18.8 Å². The number of aromatic nitrogens is 1. The summed E-state index contributed by atoms with van der Waals surface area (Å²) in [6, 6.07) is 4.81. The molecule has 9 heteroatoms. The Labute approximate surface area is 153 Å². The Hall–Kier alpha value is -2.00. The molecule has 1 saturated carbocycles. The highest BCUT2D eigenvalue weighted by atomic mass is 32.2. The number of pyridine rings is 1. The van der Waals surface area contributed by atoms with Crippen molar-refractivity contribution >= 4 is 27.7 Å². The number of anilines is 1. The average molecular weight is 380 g/mol. The molecule has 1 atom stereocenters. The second kappa shape index (κ2) is 7.32. The molecule has 1 aliphatic carbocycles. The maximum Gasteiger partial charge on any atom is 0.248 e. The van der Waals surface area contributed by atoms with Crippen molar-refractivity contribution in [3.05, 3.63) is 23.9 Å². The van der Waals surface area contributed by atoms with Crippen molar-refractivity contribution in [2.75, 3.05) is 18.6 Å². The molecule has 1 aromatic rings. The fourth-order valence-electron chi connectivity index (χ4n) is 3.64. The Morgan fingerprint density at radius 1 is 1.27 bits per heavy atom. The molecule has 0 bridgehead atoms. The summed E-state index contributed by atoms with van der Waals surface area (Å²) < 4.78 is 24.9. The Balaban J connectivity index is 1.50. The van der Waals surface area contributed by atoms with Crippen LogP contribution < -0.4 is 10.0 Å². The van der Waals surface area contributed by atoms with Gasteiger partial charge in [-0.2, -0.15) is 0 Å². The molecule has 1 aromatic heterocycles. The number of nitrogens with zero attached hydrogens (tertiary/aromatic N) is 2. The topological polar surface area (TPSA) is 108 Å². The minimum absolute atomic E-state index is 0.0895. The first kappa shape index (κ1) is 18.8. The number of carbonyl (C=O) groups excluding carboxylic acids is 2. The summed E-state index contributed by atoms with van der Waals surface area (Å²) in [5.41, 5.74) is 1.02. The fraction of sp³-hybridized carbons (Fsp3) is 0.588. The summed E-state index contributed by atoms with van der Waals surface area (Å²) in [4.78, 5) is 30.2. The standard InChI is InChI=1S/C17H24N4O4S/c1-18-15-5-3-4-12(19-15)7-6-11-8-13(9-11)21-16(22)10-14(17(21)23)20-26(2,24)25/h3-5,11,13-14,20H,6-10H2,1-2H3,(H,18,19). The SMILES string of the molecule is CNc1cccc(CCC2CC(N3C(=O)CC(NS(C)(=O)=O)C3=O)C2)n1. The number of amides is 2. The number of aryl methyl sites for hydroxylation is 1.